The van der Waals surface area contributed by atoms with Crippen molar-refractivity contribution in [1.29, 1.82) is 0 Å². The van der Waals surface area contributed by atoms with E-state index in [1.165, 1.54) is 0 Å². The van der Waals surface area contributed by atoms with Crippen molar-refractivity contribution < 1.29 is 14.7 Å². The first-order valence-corrected chi connectivity index (χ1v) is 6.20. The van der Waals surface area contributed by atoms with Crippen molar-refractivity contribution in [3.05, 3.63) is 0 Å². The molecule has 1 aliphatic heterocycles. The van der Waals surface area contributed by atoms with Gasteiger partial charge in [-0.3, -0.25) is 9.59 Å². The van der Waals surface area contributed by atoms with Crippen LogP contribution in [-0.2, 0) is 9.59 Å². The quantitative estimate of drug-likeness (QED) is 0.774. The molecule has 2 fully saturated rings. The van der Waals surface area contributed by atoms with Crippen molar-refractivity contribution in [3.8, 4) is 0 Å². The Morgan fingerprint density at radius 2 is 1.62 bits per heavy atom. The number of hydrogen-bond acceptors (Lipinski definition) is 2. The summed E-state index contributed by atoms with van der Waals surface area (Å²) in [7, 11) is 0. The predicted octanol–water partition coefficient (Wildman–Crippen LogP) is 1.50. The Balaban J connectivity index is 1.93. The number of carboxylic acids is 1. The van der Waals surface area contributed by atoms with E-state index in [0.717, 1.165) is 45.2 Å². The molecule has 2 unspecified atom stereocenters. The Hall–Kier alpha value is -1.06. The Morgan fingerprint density at radius 1 is 1.00 bits per heavy atom. The number of nitrogens with zero attached hydrogens (tertiary/aromatic N) is 1. The lowest BCUT2D eigenvalue weighted by molar-refractivity contribution is -0.145. The molecule has 1 saturated carbocycles. The second-order valence-corrected chi connectivity index (χ2v) is 4.93. The molecule has 4 heteroatoms. The molecule has 0 aromatic heterocycles. The Labute approximate surface area is 95.6 Å². The van der Waals surface area contributed by atoms with Gasteiger partial charge in [-0.15, -0.1) is 0 Å². The van der Waals surface area contributed by atoms with E-state index < -0.39 is 5.97 Å². The molecule has 0 spiro atoms. The summed E-state index contributed by atoms with van der Waals surface area (Å²) in [6.07, 6.45) is 5.23. The van der Waals surface area contributed by atoms with Gasteiger partial charge in [-0.1, -0.05) is 6.42 Å². The van der Waals surface area contributed by atoms with Crippen LogP contribution in [0.25, 0.3) is 0 Å². The third-order valence-electron chi connectivity index (χ3n) is 3.79. The summed E-state index contributed by atoms with van der Waals surface area (Å²) >= 11 is 0. The first-order chi connectivity index (χ1) is 7.68. The molecular formula is C12H19NO3. The Bertz CT molecular complexity index is 284. The van der Waals surface area contributed by atoms with Crippen molar-refractivity contribution in [1.82, 2.24) is 4.90 Å². The zero-order valence-electron chi connectivity index (χ0n) is 9.52. The highest BCUT2D eigenvalue weighted by molar-refractivity contribution is 5.80. The lowest BCUT2D eigenvalue weighted by atomic mass is 9.81. The normalized spacial score (nSPS) is 30.4. The number of carbonyl (C=O) groups excluding carboxylic acids is 1. The SMILES string of the molecule is O=C(O)C1CCCC(C(=O)N2CCCC2)C1. The summed E-state index contributed by atoms with van der Waals surface area (Å²) in [4.78, 5) is 24.9. The molecule has 1 N–H and O–H groups in total. The lowest BCUT2D eigenvalue weighted by Gasteiger charge is -2.29. The first-order valence-electron chi connectivity index (χ1n) is 6.20. The zero-order valence-corrected chi connectivity index (χ0v) is 9.52. The minimum Gasteiger partial charge on any atom is -0.481 e. The van der Waals surface area contributed by atoms with Crippen molar-refractivity contribution >= 4 is 11.9 Å². The Morgan fingerprint density at radius 3 is 2.25 bits per heavy atom. The van der Waals surface area contributed by atoms with E-state index in [-0.39, 0.29) is 17.7 Å². The van der Waals surface area contributed by atoms with Crippen LogP contribution >= 0.6 is 0 Å². The number of likely N-dealkylation sites (tertiary alicyclic amines) is 1. The van der Waals surface area contributed by atoms with Gasteiger partial charge in [0.25, 0.3) is 0 Å². The molecule has 16 heavy (non-hydrogen) atoms. The first kappa shape index (κ1) is 11.4. The maximum Gasteiger partial charge on any atom is 0.306 e. The standard InChI is InChI=1S/C12H19NO3/c14-11(13-6-1-2-7-13)9-4-3-5-10(8-9)12(15)16/h9-10H,1-8H2,(H,15,16). The van der Waals surface area contributed by atoms with E-state index in [1.54, 1.807) is 0 Å². The highest BCUT2D eigenvalue weighted by Gasteiger charge is 2.33. The van der Waals surface area contributed by atoms with Gasteiger partial charge >= 0.3 is 5.97 Å². The average molecular weight is 225 g/mol. The average Bonchev–Trinajstić information content (AvgIpc) is 2.81. The highest BCUT2D eigenvalue weighted by atomic mass is 16.4. The second-order valence-electron chi connectivity index (χ2n) is 4.93. The molecule has 2 rings (SSSR count). The second kappa shape index (κ2) is 4.85. The number of carboxylic acid groups (broad SMARTS) is 1. The van der Waals surface area contributed by atoms with Crippen molar-refractivity contribution in [2.24, 2.45) is 11.8 Å². The molecule has 0 bridgehead atoms. The maximum absolute atomic E-state index is 12.1. The van der Waals surface area contributed by atoms with Crippen LogP contribution in [0.15, 0.2) is 0 Å². The lowest BCUT2D eigenvalue weighted by Crippen LogP contribution is -2.37. The van der Waals surface area contributed by atoms with Gasteiger partial charge in [0.15, 0.2) is 0 Å². The summed E-state index contributed by atoms with van der Waals surface area (Å²) in [5.41, 5.74) is 0. The zero-order chi connectivity index (χ0) is 11.5. The van der Waals surface area contributed by atoms with E-state index >= 15 is 0 Å². The van der Waals surface area contributed by atoms with Crippen LogP contribution in [0.4, 0.5) is 0 Å². The fraction of sp³-hybridized carbons (Fsp3) is 0.833. The fourth-order valence-corrected chi connectivity index (χ4v) is 2.83. The van der Waals surface area contributed by atoms with Gasteiger partial charge in [0.2, 0.25) is 5.91 Å². The van der Waals surface area contributed by atoms with Crippen LogP contribution in [0.5, 0.6) is 0 Å². The number of hydrogen-bond donors (Lipinski definition) is 1. The molecule has 90 valence electrons. The molecule has 4 nitrogen and oxygen atoms in total. The number of rotatable bonds is 2. The molecule has 0 radical (unpaired) electrons. The van der Waals surface area contributed by atoms with E-state index in [9.17, 15) is 9.59 Å². The van der Waals surface area contributed by atoms with Crippen LogP contribution < -0.4 is 0 Å². The van der Waals surface area contributed by atoms with Gasteiger partial charge in [-0.25, -0.2) is 0 Å². The van der Waals surface area contributed by atoms with E-state index in [0.29, 0.717) is 6.42 Å². The van der Waals surface area contributed by atoms with E-state index in [4.69, 9.17) is 5.11 Å². The molecule has 1 saturated heterocycles. The van der Waals surface area contributed by atoms with Crippen molar-refractivity contribution in [2.75, 3.05) is 13.1 Å². The molecule has 1 amide bonds. The summed E-state index contributed by atoms with van der Waals surface area (Å²) < 4.78 is 0. The Kier molecular flexibility index (Phi) is 3.46. The van der Waals surface area contributed by atoms with E-state index in [2.05, 4.69) is 0 Å². The number of carbonyl (C=O) groups is 2. The van der Waals surface area contributed by atoms with E-state index in [1.807, 2.05) is 4.90 Å². The third kappa shape index (κ3) is 2.36. The van der Waals surface area contributed by atoms with Crippen LogP contribution in [0, 0.1) is 11.8 Å². The number of amides is 1. The highest BCUT2D eigenvalue weighted by Crippen LogP contribution is 2.31. The van der Waals surface area contributed by atoms with Gasteiger partial charge in [-0.05, 0) is 32.1 Å². The minimum absolute atomic E-state index is 0.0343. The smallest absolute Gasteiger partial charge is 0.306 e. The summed E-state index contributed by atoms with van der Waals surface area (Å²) in [5.74, 6) is -0.874. The summed E-state index contributed by atoms with van der Waals surface area (Å²) in [5, 5.41) is 8.98. The minimum atomic E-state index is -0.737. The molecule has 2 aliphatic rings. The van der Waals surface area contributed by atoms with Gasteiger partial charge in [0.1, 0.15) is 0 Å². The van der Waals surface area contributed by atoms with Crippen LogP contribution in [0.2, 0.25) is 0 Å². The monoisotopic (exact) mass is 225 g/mol. The summed E-state index contributed by atoms with van der Waals surface area (Å²) in [6.45, 7) is 1.74. The van der Waals surface area contributed by atoms with Crippen molar-refractivity contribution in [2.45, 2.75) is 38.5 Å². The van der Waals surface area contributed by atoms with Crippen LogP contribution in [-0.4, -0.2) is 35.0 Å². The molecule has 1 heterocycles. The van der Waals surface area contributed by atoms with Crippen molar-refractivity contribution in [3.63, 3.8) is 0 Å². The third-order valence-corrected chi connectivity index (χ3v) is 3.79. The van der Waals surface area contributed by atoms with Gasteiger partial charge in [0.05, 0.1) is 5.92 Å². The van der Waals surface area contributed by atoms with Gasteiger partial charge < -0.3 is 10.0 Å². The maximum atomic E-state index is 12.1. The molecular weight excluding hydrogens is 206 g/mol. The van der Waals surface area contributed by atoms with Crippen LogP contribution in [0.1, 0.15) is 38.5 Å². The predicted molar refractivity (Wildman–Crippen MR) is 58.9 cm³/mol. The van der Waals surface area contributed by atoms with Crippen LogP contribution in [0.3, 0.4) is 0 Å². The largest absolute Gasteiger partial charge is 0.481 e. The fourth-order valence-electron chi connectivity index (χ4n) is 2.83. The molecule has 0 aromatic carbocycles. The topological polar surface area (TPSA) is 57.6 Å². The molecule has 2 atom stereocenters. The molecule has 0 aromatic rings. The molecule has 1 aliphatic carbocycles. The van der Waals surface area contributed by atoms with Gasteiger partial charge in [-0.2, -0.15) is 0 Å². The summed E-state index contributed by atoms with van der Waals surface area (Å²) in [6, 6.07) is 0. The number of aliphatic carboxylic acids is 1. The van der Waals surface area contributed by atoms with Gasteiger partial charge in [0, 0.05) is 19.0 Å².